The van der Waals surface area contributed by atoms with Gasteiger partial charge in [-0.05, 0) is 152 Å². The fraction of sp³-hybridized carbons (Fsp3) is 0.120. The number of hydrogen-bond acceptors (Lipinski definition) is 1. The number of fused-ring (bicyclic) bond motifs is 9. The minimum absolute atomic E-state index is 0.494. The molecule has 2 heteroatoms. The van der Waals surface area contributed by atoms with Crippen molar-refractivity contribution in [1.82, 2.24) is 4.57 Å². The van der Waals surface area contributed by atoms with Crippen LogP contribution in [0.3, 0.4) is 0 Å². The van der Waals surface area contributed by atoms with Crippen LogP contribution in [-0.4, -0.2) is 4.57 Å². The predicted octanol–water partition coefficient (Wildman–Crippen LogP) is 14.5. The van der Waals surface area contributed by atoms with Crippen molar-refractivity contribution >= 4 is 60.4 Å². The van der Waals surface area contributed by atoms with Crippen molar-refractivity contribution in [3.05, 3.63) is 169 Å². The summed E-state index contributed by atoms with van der Waals surface area (Å²) in [7, 11) is 0. The van der Waals surface area contributed by atoms with Gasteiger partial charge in [-0.15, -0.1) is 0 Å². The Kier molecular flexibility index (Phi) is 6.91. The van der Waals surface area contributed by atoms with Crippen LogP contribution in [0, 0.1) is 0 Å². The fourth-order valence-corrected chi connectivity index (χ4v) is 8.34. The summed E-state index contributed by atoms with van der Waals surface area (Å²) in [5.41, 5.74) is 15.2. The molecule has 52 heavy (non-hydrogen) atoms. The minimum Gasteiger partial charge on any atom is -0.310 e. The van der Waals surface area contributed by atoms with Crippen LogP contribution in [0.15, 0.2) is 158 Å². The molecule has 250 valence electrons. The average Bonchev–Trinajstić information content (AvgIpc) is 3.51. The zero-order chi connectivity index (χ0) is 35.1. The molecular formula is C50H40N2. The maximum atomic E-state index is 2.41. The number of benzene rings is 8. The topological polar surface area (TPSA) is 8.17 Å². The van der Waals surface area contributed by atoms with Crippen molar-refractivity contribution < 1.29 is 0 Å². The number of hydrogen-bond donors (Lipinski definition) is 0. The number of nitrogens with zero attached hydrogens (tertiary/aromatic N) is 2. The Labute approximate surface area is 305 Å². The Morgan fingerprint density at radius 1 is 0.385 bits per heavy atom. The highest BCUT2D eigenvalue weighted by Gasteiger charge is 2.25. The second kappa shape index (κ2) is 11.7. The molecule has 0 bridgehead atoms. The van der Waals surface area contributed by atoms with E-state index in [2.05, 4.69) is 195 Å². The predicted molar refractivity (Wildman–Crippen MR) is 223 cm³/mol. The van der Waals surface area contributed by atoms with E-state index in [1.807, 2.05) is 0 Å². The number of anilines is 3. The monoisotopic (exact) mass is 668 g/mol. The Bertz CT molecular complexity index is 2730. The molecule has 0 N–H and O–H groups in total. The molecule has 0 amide bonds. The highest BCUT2D eigenvalue weighted by atomic mass is 15.1. The molecule has 0 aliphatic heterocycles. The van der Waals surface area contributed by atoms with Gasteiger partial charge >= 0.3 is 0 Å². The Morgan fingerprint density at radius 3 is 1.31 bits per heavy atom. The standard InChI is InChI=1S/C50H40N2/c1-31(2)33-13-19-39(20-14-33)51(40-21-15-34(16-22-40)32(3)4)41-23-17-35-27-45-47(29-37(35)25-41)46-28-36-18-24-42(26-38(36)30-48(45)46)52-49-11-7-5-9-43(49)44-10-6-8-12-50(44)52/h5-32H,1-4H3. The van der Waals surface area contributed by atoms with Crippen LogP contribution in [0.5, 0.6) is 0 Å². The van der Waals surface area contributed by atoms with E-state index in [0.29, 0.717) is 11.8 Å². The third-order valence-corrected chi connectivity index (χ3v) is 11.2. The SMILES string of the molecule is CC(C)c1ccc(N(c2ccc(C(C)C)cc2)c2ccc3cc4c(cc3c2)-c2cc3ccc(-n5c6ccccc6c6ccccc65)cc3cc2-4)cc1. The molecule has 0 spiro atoms. The van der Waals surface area contributed by atoms with Gasteiger partial charge in [0.15, 0.2) is 0 Å². The van der Waals surface area contributed by atoms with Crippen molar-refractivity contribution in [2.24, 2.45) is 0 Å². The summed E-state index contributed by atoms with van der Waals surface area (Å²) >= 11 is 0. The normalized spacial score (nSPS) is 12.2. The molecule has 0 fully saturated rings. The highest BCUT2D eigenvalue weighted by Crippen LogP contribution is 2.51. The molecule has 0 saturated carbocycles. The molecule has 0 unspecified atom stereocenters. The molecule has 1 heterocycles. The van der Waals surface area contributed by atoms with Gasteiger partial charge in [-0.2, -0.15) is 0 Å². The van der Waals surface area contributed by atoms with Crippen LogP contribution in [0.25, 0.3) is 71.3 Å². The summed E-state index contributed by atoms with van der Waals surface area (Å²) in [6, 6.07) is 59.0. The fourth-order valence-electron chi connectivity index (χ4n) is 8.34. The molecule has 9 aromatic rings. The first-order valence-electron chi connectivity index (χ1n) is 18.6. The van der Waals surface area contributed by atoms with Gasteiger partial charge in [0.1, 0.15) is 0 Å². The Balaban J connectivity index is 1.05. The van der Waals surface area contributed by atoms with E-state index >= 15 is 0 Å². The van der Waals surface area contributed by atoms with Gasteiger partial charge in [0.2, 0.25) is 0 Å². The van der Waals surface area contributed by atoms with Gasteiger partial charge in [-0.1, -0.05) is 100 Å². The summed E-state index contributed by atoms with van der Waals surface area (Å²) < 4.78 is 2.41. The zero-order valence-corrected chi connectivity index (χ0v) is 30.1. The smallest absolute Gasteiger partial charge is 0.0541 e. The first-order valence-corrected chi connectivity index (χ1v) is 18.6. The zero-order valence-electron chi connectivity index (χ0n) is 30.1. The Hall–Kier alpha value is -6.12. The van der Waals surface area contributed by atoms with Crippen LogP contribution in [0.4, 0.5) is 17.1 Å². The lowest BCUT2D eigenvalue weighted by Crippen LogP contribution is -2.10. The van der Waals surface area contributed by atoms with Crippen molar-refractivity contribution in [2.75, 3.05) is 4.90 Å². The lowest BCUT2D eigenvalue weighted by molar-refractivity contribution is 0.866. The summed E-state index contributed by atoms with van der Waals surface area (Å²) in [4.78, 5) is 2.39. The number of rotatable bonds is 6. The van der Waals surface area contributed by atoms with E-state index in [0.717, 1.165) is 5.69 Å². The highest BCUT2D eigenvalue weighted by molar-refractivity contribution is 6.13. The van der Waals surface area contributed by atoms with Crippen LogP contribution in [-0.2, 0) is 0 Å². The minimum atomic E-state index is 0.494. The molecule has 1 aromatic heterocycles. The van der Waals surface area contributed by atoms with E-state index < -0.39 is 0 Å². The quantitative estimate of drug-likeness (QED) is 0.171. The van der Waals surface area contributed by atoms with Crippen LogP contribution in [0.1, 0.15) is 50.7 Å². The second-order valence-corrected chi connectivity index (χ2v) is 15.1. The number of aromatic nitrogens is 1. The molecule has 0 saturated heterocycles. The molecular weight excluding hydrogens is 629 g/mol. The lowest BCUT2D eigenvalue weighted by Gasteiger charge is -2.28. The lowest BCUT2D eigenvalue weighted by atomic mass is 9.78. The number of para-hydroxylation sites is 2. The van der Waals surface area contributed by atoms with Gasteiger partial charge in [0.05, 0.1) is 11.0 Å². The Morgan fingerprint density at radius 2 is 0.808 bits per heavy atom. The molecule has 1 aliphatic carbocycles. The van der Waals surface area contributed by atoms with Crippen molar-refractivity contribution in [2.45, 2.75) is 39.5 Å². The molecule has 0 radical (unpaired) electrons. The molecule has 8 aromatic carbocycles. The third kappa shape index (κ3) is 4.78. The van der Waals surface area contributed by atoms with Gasteiger partial charge in [-0.3, -0.25) is 0 Å². The maximum Gasteiger partial charge on any atom is 0.0541 e. The first kappa shape index (κ1) is 30.7. The average molecular weight is 669 g/mol. The summed E-state index contributed by atoms with van der Waals surface area (Å²) in [5.74, 6) is 0.988. The van der Waals surface area contributed by atoms with Crippen molar-refractivity contribution in [3.63, 3.8) is 0 Å². The van der Waals surface area contributed by atoms with Gasteiger partial charge in [0, 0.05) is 33.5 Å². The summed E-state index contributed by atoms with van der Waals surface area (Å²) in [6.45, 7) is 9.01. The van der Waals surface area contributed by atoms with E-state index in [4.69, 9.17) is 0 Å². The third-order valence-electron chi connectivity index (χ3n) is 11.2. The van der Waals surface area contributed by atoms with E-state index in [-0.39, 0.29) is 0 Å². The largest absolute Gasteiger partial charge is 0.310 e. The van der Waals surface area contributed by atoms with Gasteiger partial charge < -0.3 is 9.47 Å². The summed E-state index contributed by atoms with van der Waals surface area (Å²) in [5, 5.41) is 7.63. The van der Waals surface area contributed by atoms with E-state index in [1.165, 1.54) is 93.8 Å². The van der Waals surface area contributed by atoms with Crippen molar-refractivity contribution in [1.29, 1.82) is 0 Å². The van der Waals surface area contributed by atoms with Gasteiger partial charge in [-0.25, -0.2) is 0 Å². The molecule has 0 atom stereocenters. The van der Waals surface area contributed by atoms with Crippen molar-refractivity contribution in [3.8, 4) is 27.9 Å². The van der Waals surface area contributed by atoms with Crippen LogP contribution in [0.2, 0.25) is 0 Å². The summed E-state index contributed by atoms with van der Waals surface area (Å²) in [6.07, 6.45) is 0. The molecule has 2 nitrogen and oxygen atoms in total. The van der Waals surface area contributed by atoms with Crippen LogP contribution < -0.4 is 4.90 Å². The molecule has 10 rings (SSSR count). The van der Waals surface area contributed by atoms with E-state index in [9.17, 15) is 0 Å². The van der Waals surface area contributed by atoms with E-state index in [1.54, 1.807) is 0 Å². The molecule has 1 aliphatic rings. The second-order valence-electron chi connectivity index (χ2n) is 15.1. The first-order chi connectivity index (χ1) is 25.4. The van der Waals surface area contributed by atoms with Gasteiger partial charge in [0.25, 0.3) is 0 Å². The maximum absolute atomic E-state index is 2.41. The van der Waals surface area contributed by atoms with Crippen LogP contribution >= 0.6 is 0 Å².